The average molecular weight is 590 g/mol. The molecule has 8 nitrogen and oxygen atoms in total. The number of para-hydroxylation sites is 2. The van der Waals surface area contributed by atoms with E-state index in [1.54, 1.807) is 9.47 Å². The van der Waals surface area contributed by atoms with Gasteiger partial charge in [-0.05, 0) is 42.0 Å². The molecule has 6 rings (SSSR count). The summed E-state index contributed by atoms with van der Waals surface area (Å²) >= 11 is 0. The standard InChI is InChI=1S/C36H35N3O5/c40-34(31(23-26-11-3-1-4-12-26)37-35(41)43-24-27-13-5-2-6-14-27)38-21-19-28(20-22-38)25-44-36(42)39-32-17-9-7-15-29(32)30-16-8-10-18-33(30)39/h1-18,28,31H,19-25H2,(H,37,41)/t31-/m0/s1. The molecule has 1 aliphatic heterocycles. The van der Waals surface area contributed by atoms with Crippen molar-refractivity contribution in [1.29, 1.82) is 0 Å². The van der Waals surface area contributed by atoms with Gasteiger partial charge in [-0.3, -0.25) is 4.79 Å². The summed E-state index contributed by atoms with van der Waals surface area (Å²) in [7, 11) is 0. The molecule has 2 heterocycles. The Balaban J connectivity index is 1.06. The number of rotatable bonds is 8. The maximum absolute atomic E-state index is 13.7. The van der Waals surface area contributed by atoms with E-state index in [1.807, 2.05) is 109 Å². The van der Waals surface area contributed by atoms with Crippen LogP contribution in [0.3, 0.4) is 0 Å². The number of nitrogens with one attached hydrogen (secondary N) is 1. The molecule has 0 saturated carbocycles. The lowest BCUT2D eigenvalue weighted by atomic mass is 9.96. The Morgan fingerprint density at radius 2 is 1.25 bits per heavy atom. The highest BCUT2D eigenvalue weighted by Gasteiger charge is 2.30. The smallest absolute Gasteiger partial charge is 0.418 e. The Bertz CT molecular complexity index is 1690. The predicted octanol–water partition coefficient (Wildman–Crippen LogP) is 6.56. The number of nitrogens with zero attached hydrogens (tertiary/aromatic N) is 2. The van der Waals surface area contributed by atoms with Crippen LogP contribution >= 0.6 is 0 Å². The van der Waals surface area contributed by atoms with Gasteiger partial charge in [-0.2, -0.15) is 0 Å². The third-order valence-corrected chi connectivity index (χ3v) is 8.22. The normalized spacial score (nSPS) is 14.3. The molecule has 1 N–H and O–H groups in total. The second-order valence-corrected chi connectivity index (χ2v) is 11.2. The average Bonchev–Trinajstić information content (AvgIpc) is 3.41. The Kier molecular flexibility index (Phi) is 8.87. The van der Waals surface area contributed by atoms with E-state index in [2.05, 4.69) is 5.32 Å². The van der Waals surface area contributed by atoms with Crippen LogP contribution in [0.25, 0.3) is 21.8 Å². The fourth-order valence-electron chi connectivity index (χ4n) is 5.87. The van der Waals surface area contributed by atoms with Crippen molar-refractivity contribution in [2.75, 3.05) is 19.7 Å². The maximum Gasteiger partial charge on any atom is 0.418 e. The van der Waals surface area contributed by atoms with Crippen LogP contribution in [0.4, 0.5) is 9.59 Å². The van der Waals surface area contributed by atoms with Gasteiger partial charge in [0.15, 0.2) is 0 Å². The largest absolute Gasteiger partial charge is 0.449 e. The van der Waals surface area contributed by atoms with Gasteiger partial charge in [0, 0.05) is 30.3 Å². The number of hydrogen-bond acceptors (Lipinski definition) is 5. The Morgan fingerprint density at radius 3 is 1.86 bits per heavy atom. The molecule has 224 valence electrons. The SMILES string of the molecule is O=C(N[C@@H](Cc1ccccc1)C(=O)N1CCC(COC(=O)n2c3ccccc3c3ccccc32)CC1)OCc1ccccc1. The van der Waals surface area contributed by atoms with E-state index in [0.717, 1.165) is 32.9 Å². The third-order valence-electron chi connectivity index (χ3n) is 8.22. The molecule has 0 unspecified atom stereocenters. The van der Waals surface area contributed by atoms with E-state index < -0.39 is 18.2 Å². The molecule has 1 fully saturated rings. The zero-order chi connectivity index (χ0) is 30.3. The van der Waals surface area contributed by atoms with Crippen molar-refractivity contribution >= 4 is 39.9 Å². The molecular formula is C36H35N3O5. The minimum atomic E-state index is -0.759. The number of fused-ring (bicyclic) bond motifs is 3. The number of carbonyl (C=O) groups excluding carboxylic acids is 3. The highest BCUT2D eigenvalue weighted by atomic mass is 16.6. The van der Waals surface area contributed by atoms with Crippen LogP contribution < -0.4 is 5.32 Å². The minimum absolute atomic E-state index is 0.123. The van der Waals surface area contributed by atoms with Gasteiger partial charge in [0.1, 0.15) is 12.6 Å². The molecule has 2 amide bonds. The van der Waals surface area contributed by atoms with Crippen molar-refractivity contribution < 1.29 is 23.9 Å². The van der Waals surface area contributed by atoms with Gasteiger partial charge >= 0.3 is 12.2 Å². The summed E-state index contributed by atoms with van der Waals surface area (Å²) in [5.74, 6) is -0.0151. The molecular weight excluding hydrogens is 554 g/mol. The highest BCUT2D eigenvalue weighted by Crippen LogP contribution is 2.29. The Morgan fingerprint density at radius 1 is 0.705 bits per heavy atom. The molecule has 0 spiro atoms. The summed E-state index contributed by atoms with van der Waals surface area (Å²) in [5.41, 5.74) is 3.45. The number of likely N-dealkylation sites (tertiary alicyclic amines) is 1. The summed E-state index contributed by atoms with van der Waals surface area (Å²) < 4.78 is 12.9. The molecule has 1 atom stereocenters. The topological polar surface area (TPSA) is 89.9 Å². The molecule has 0 aliphatic carbocycles. The van der Waals surface area contributed by atoms with Crippen LogP contribution in [0.5, 0.6) is 0 Å². The lowest BCUT2D eigenvalue weighted by molar-refractivity contribution is -0.135. The number of ether oxygens (including phenoxy) is 2. The van der Waals surface area contributed by atoms with Gasteiger partial charge in [-0.15, -0.1) is 0 Å². The summed E-state index contributed by atoms with van der Waals surface area (Å²) in [6, 6.07) is 33.9. The summed E-state index contributed by atoms with van der Waals surface area (Å²) in [5, 5.41) is 4.82. The second kappa shape index (κ2) is 13.5. The van der Waals surface area contributed by atoms with E-state index >= 15 is 0 Å². The van der Waals surface area contributed by atoms with Crippen molar-refractivity contribution in [3.05, 3.63) is 120 Å². The first-order chi connectivity index (χ1) is 21.6. The van der Waals surface area contributed by atoms with Gasteiger partial charge in [-0.1, -0.05) is 97.1 Å². The Labute approximate surface area is 256 Å². The first kappa shape index (κ1) is 29.0. The monoisotopic (exact) mass is 589 g/mol. The first-order valence-electron chi connectivity index (χ1n) is 15.0. The summed E-state index contributed by atoms with van der Waals surface area (Å²) in [6.45, 7) is 1.43. The quantitative estimate of drug-likeness (QED) is 0.222. The predicted molar refractivity (Wildman–Crippen MR) is 169 cm³/mol. The minimum Gasteiger partial charge on any atom is -0.449 e. The van der Waals surface area contributed by atoms with Gasteiger partial charge < -0.3 is 19.7 Å². The first-order valence-corrected chi connectivity index (χ1v) is 15.0. The van der Waals surface area contributed by atoms with Crippen LogP contribution in [0.2, 0.25) is 0 Å². The molecule has 8 heteroatoms. The number of benzene rings is 4. The van der Waals surface area contributed by atoms with Crippen molar-refractivity contribution in [2.24, 2.45) is 5.92 Å². The van der Waals surface area contributed by atoms with E-state index in [1.165, 1.54) is 0 Å². The highest BCUT2D eigenvalue weighted by molar-refractivity contribution is 6.12. The van der Waals surface area contributed by atoms with Crippen LogP contribution in [0, 0.1) is 5.92 Å². The second-order valence-electron chi connectivity index (χ2n) is 11.2. The lowest BCUT2D eigenvalue weighted by Crippen LogP contribution is -2.52. The van der Waals surface area contributed by atoms with Crippen LogP contribution in [0.15, 0.2) is 109 Å². The molecule has 4 aromatic carbocycles. The zero-order valence-corrected chi connectivity index (χ0v) is 24.4. The molecule has 0 bridgehead atoms. The molecule has 1 aromatic heterocycles. The van der Waals surface area contributed by atoms with Gasteiger partial charge in [0.2, 0.25) is 5.91 Å². The van der Waals surface area contributed by atoms with E-state index in [-0.39, 0.29) is 25.0 Å². The van der Waals surface area contributed by atoms with Crippen molar-refractivity contribution in [3.63, 3.8) is 0 Å². The molecule has 1 aliphatic rings. The van der Waals surface area contributed by atoms with Gasteiger partial charge in [-0.25, -0.2) is 14.2 Å². The Hall–Kier alpha value is -5.11. The maximum atomic E-state index is 13.7. The van der Waals surface area contributed by atoms with E-state index in [0.29, 0.717) is 32.4 Å². The molecule has 0 radical (unpaired) electrons. The van der Waals surface area contributed by atoms with Crippen LogP contribution in [0.1, 0.15) is 24.0 Å². The fourth-order valence-corrected chi connectivity index (χ4v) is 5.87. The van der Waals surface area contributed by atoms with Crippen molar-refractivity contribution in [3.8, 4) is 0 Å². The summed E-state index contributed by atoms with van der Waals surface area (Å²) in [6.07, 6.45) is 0.721. The number of piperidine rings is 1. The number of carbonyl (C=O) groups is 3. The van der Waals surface area contributed by atoms with E-state index in [4.69, 9.17) is 9.47 Å². The lowest BCUT2D eigenvalue weighted by Gasteiger charge is -2.34. The third kappa shape index (κ3) is 6.59. The zero-order valence-electron chi connectivity index (χ0n) is 24.4. The van der Waals surface area contributed by atoms with Crippen LogP contribution in [-0.2, 0) is 27.3 Å². The fraction of sp³-hybridized carbons (Fsp3) is 0.250. The van der Waals surface area contributed by atoms with Gasteiger partial charge in [0.25, 0.3) is 0 Å². The molecule has 44 heavy (non-hydrogen) atoms. The van der Waals surface area contributed by atoms with E-state index in [9.17, 15) is 14.4 Å². The molecule has 5 aromatic rings. The van der Waals surface area contributed by atoms with Crippen molar-refractivity contribution in [1.82, 2.24) is 14.8 Å². The molecule has 1 saturated heterocycles. The number of hydrogen-bond donors (Lipinski definition) is 1. The number of alkyl carbamates (subject to hydrolysis) is 1. The van der Waals surface area contributed by atoms with Gasteiger partial charge in [0.05, 0.1) is 17.6 Å². The number of aromatic nitrogens is 1. The van der Waals surface area contributed by atoms with Crippen LogP contribution in [-0.4, -0.2) is 53.3 Å². The van der Waals surface area contributed by atoms with Crippen molar-refractivity contribution in [2.45, 2.75) is 31.9 Å². The summed E-state index contributed by atoms with van der Waals surface area (Å²) in [4.78, 5) is 41.4. The number of amides is 2.